The Morgan fingerprint density at radius 2 is 2.14 bits per heavy atom. The molecule has 6 heteroatoms. The molecule has 1 fully saturated rings. The molecule has 1 aliphatic rings. The third-order valence-corrected chi connectivity index (χ3v) is 3.91. The van der Waals surface area contributed by atoms with Gasteiger partial charge in [0.15, 0.2) is 0 Å². The highest BCUT2D eigenvalue weighted by Gasteiger charge is 2.35. The summed E-state index contributed by atoms with van der Waals surface area (Å²) in [5.74, 6) is -0.758. The minimum absolute atomic E-state index is 0.0408. The molecular weight excluding hydrogens is 275 g/mol. The molecule has 2 amide bonds. The van der Waals surface area contributed by atoms with Gasteiger partial charge in [0.25, 0.3) is 0 Å². The normalized spacial score (nSPS) is 21.4. The van der Waals surface area contributed by atoms with Gasteiger partial charge in [-0.15, -0.1) is 0 Å². The fourth-order valence-electron chi connectivity index (χ4n) is 2.70. The average Bonchev–Trinajstić information content (AvgIpc) is 2.81. The molecule has 0 spiro atoms. The fourth-order valence-corrected chi connectivity index (χ4v) is 2.70. The summed E-state index contributed by atoms with van der Waals surface area (Å²) in [4.78, 5) is 25.2. The number of amides is 2. The van der Waals surface area contributed by atoms with Crippen molar-refractivity contribution in [3.8, 4) is 5.75 Å². The number of hydrogen-bond acceptors (Lipinski definition) is 3. The maximum atomic E-state index is 13.3. The van der Waals surface area contributed by atoms with Crippen molar-refractivity contribution in [3.05, 3.63) is 29.6 Å². The Morgan fingerprint density at radius 3 is 2.71 bits per heavy atom. The van der Waals surface area contributed by atoms with Crippen LogP contribution in [0.25, 0.3) is 0 Å². The van der Waals surface area contributed by atoms with E-state index in [4.69, 9.17) is 10.5 Å². The second kappa shape index (κ2) is 6.11. The smallest absolute Gasteiger partial charge is 0.227 e. The molecule has 0 aromatic heterocycles. The molecule has 114 valence electrons. The first-order valence-electron chi connectivity index (χ1n) is 6.82. The first-order valence-corrected chi connectivity index (χ1v) is 6.82. The van der Waals surface area contributed by atoms with E-state index in [0.717, 1.165) is 0 Å². The first kappa shape index (κ1) is 15.3. The van der Waals surface area contributed by atoms with Crippen LogP contribution in [-0.4, -0.2) is 36.9 Å². The zero-order chi connectivity index (χ0) is 15.6. The number of methoxy groups -OCH3 is 1. The minimum atomic E-state index is -0.414. The number of benzene rings is 1. The van der Waals surface area contributed by atoms with Crippen molar-refractivity contribution in [1.29, 1.82) is 0 Å². The summed E-state index contributed by atoms with van der Waals surface area (Å²) in [5.41, 5.74) is 5.82. The lowest BCUT2D eigenvalue weighted by molar-refractivity contribution is -0.129. The molecule has 21 heavy (non-hydrogen) atoms. The predicted molar refractivity (Wildman–Crippen MR) is 75.1 cm³/mol. The van der Waals surface area contributed by atoms with E-state index >= 15 is 0 Å². The summed E-state index contributed by atoms with van der Waals surface area (Å²) in [6.45, 7) is 2.71. The van der Waals surface area contributed by atoms with Crippen molar-refractivity contribution in [3.63, 3.8) is 0 Å². The summed E-state index contributed by atoms with van der Waals surface area (Å²) in [5, 5.41) is 0. The van der Waals surface area contributed by atoms with Gasteiger partial charge in [0, 0.05) is 18.7 Å². The third-order valence-electron chi connectivity index (χ3n) is 3.91. The van der Waals surface area contributed by atoms with E-state index in [-0.39, 0.29) is 30.1 Å². The summed E-state index contributed by atoms with van der Waals surface area (Å²) < 4.78 is 18.4. The number of likely N-dealkylation sites (tertiary alicyclic amines) is 1. The second-order valence-electron chi connectivity index (χ2n) is 5.42. The zero-order valence-electron chi connectivity index (χ0n) is 12.1. The summed E-state index contributed by atoms with van der Waals surface area (Å²) >= 11 is 0. The highest BCUT2D eigenvalue weighted by Crippen LogP contribution is 2.25. The van der Waals surface area contributed by atoms with Gasteiger partial charge >= 0.3 is 0 Å². The Labute approximate surface area is 122 Å². The number of primary amides is 1. The van der Waals surface area contributed by atoms with Crippen molar-refractivity contribution in [2.75, 3.05) is 20.2 Å². The van der Waals surface area contributed by atoms with E-state index in [1.54, 1.807) is 4.90 Å². The summed E-state index contributed by atoms with van der Waals surface area (Å²) in [6.07, 6.45) is 0.0408. The van der Waals surface area contributed by atoms with Gasteiger partial charge in [-0.25, -0.2) is 4.39 Å². The molecule has 0 aliphatic carbocycles. The minimum Gasteiger partial charge on any atom is -0.496 e. The number of rotatable bonds is 4. The Kier molecular flexibility index (Phi) is 4.45. The van der Waals surface area contributed by atoms with Crippen molar-refractivity contribution >= 4 is 11.8 Å². The van der Waals surface area contributed by atoms with Crippen LogP contribution < -0.4 is 10.5 Å². The number of hydrogen-bond donors (Lipinski definition) is 1. The molecular formula is C15H19FN2O3. The molecule has 2 atom stereocenters. The molecule has 1 aliphatic heterocycles. The topological polar surface area (TPSA) is 72.6 Å². The van der Waals surface area contributed by atoms with Crippen molar-refractivity contribution in [2.24, 2.45) is 17.6 Å². The van der Waals surface area contributed by atoms with Gasteiger partial charge in [0.05, 0.1) is 19.4 Å². The number of carbonyl (C=O) groups is 2. The quantitative estimate of drug-likeness (QED) is 0.899. The Balaban J connectivity index is 2.09. The van der Waals surface area contributed by atoms with Crippen LogP contribution >= 0.6 is 0 Å². The standard InChI is InChI=1S/C15H19FN2O3/c1-9-7-18(8-12(9)15(17)20)14(19)6-10-5-11(16)3-4-13(10)21-2/h3-5,9,12H,6-8H2,1-2H3,(H2,17,20)/t9-,12-/m1/s1. The van der Waals surface area contributed by atoms with Crippen LogP contribution in [0.2, 0.25) is 0 Å². The maximum Gasteiger partial charge on any atom is 0.227 e. The van der Waals surface area contributed by atoms with Gasteiger partial charge in [-0.3, -0.25) is 9.59 Å². The van der Waals surface area contributed by atoms with Crippen molar-refractivity contribution in [1.82, 2.24) is 4.90 Å². The maximum absolute atomic E-state index is 13.3. The van der Waals surface area contributed by atoms with Crippen LogP contribution in [0.4, 0.5) is 4.39 Å². The van der Waals surface area contributed by atoms with Crippen LogP contribution in [0.15, 0.2) is 18.2 Å². The number of nitrogens with zero attached hydrogens (tertiary/aromatic N) is 1. The number of carbonyl (C=O) groups excluding carboxylic acids is 2. The van der Waals surface area contributed by atoms with Crippen LogP contribution in [0.3, 0.4) is 0 Å². The first-order chi connectivity index (χ1) is 9.92. The monoisotopic (exact) mass is 294 g/mol. The molecule has 1 aromatic rings. The van der Waals surface area contributed by atoms with Gasteiger partial charge in [-0.1, -0.05) is 6.92 Å². The van der Waals surface area contributed by atoms with Gasteiger partial charge in [-0.05, 0) is 24.1 Å². The van der Waals surface area contributed by atoms with Crippen LogP contribution in [-0.2, 0) is 16.0 Å². The van der Waals surface area contributed by atoms with Crippen LogP contribution in [0.1, 0.15) is 12.5 Å². The second-order valence-corrected chi connectivity index (χ2v) is 5.42. The lowest BCUT2D eigenvalue weighted by Crippen LogP contribution is -2.32. The van der Waals surface area contributed by atoms with E-state index in [1.807, 2.05) is 6.92 Å². The molecule has 1 saturated heterocycles. The molecule has 1 heterocycles. The number of ether oxygens (including phenoxy) is 1. The molecule has 2 N–H and O–H groups in total. The summed E-state index contributed by atoms with van der Waals surface area (Å²) in [7, 11) is 1.47. The van der Waals surface area contributed by atoms with Crippen molar-refractivity contribution in [2.45, 2.75) is 13.3 Å². The molecule has 0 radical (unpaired) electrons. The van der Waals surface area contributed by atoms with E-state index in [1.165, 1.54) is 25.3 Å². The van der Waals surface area contributed by atoms with Crippen LogP contribution in [0, 0.1) is 17.7 Å². The highest BCUT2D eigenvalue weighted by atomic mass is 19.1. The average molecular weight is 294 g/mol. The molecule has 0 bridgehead atoms. The Hall–Kier alpha value is -2.11. The lowest BCUT2D eigenvalue weighted by atomic mass is 9.98. The SMILES string of the molecule is COc1ccc(F)cc1CC(=O)N1C[C@@H](C)[C@H](C(N)=O)C1. The molecule has 0 unspecified atom stereocenters. The number of halogens is 1. The zero-order valence-corrected chi connectivity index (χ0v) is 12.1. The van der Waals surface area contributed by atoms with Gasteiger partial charge in [0.1, 0.15) is 11.6 Å². The summed E-state index contributed by atoms with van der Waals surface area (Å²) in [6, 6.07) is 4.08. The van der Waals surface area contributed by atoms with Crippen LogP contribution in [0.5, 0.6) is 5.75 Å². The lowest BCUT2D eigenvalue weighted by Gasteiger charge is -2.17. The third kappa shape index (κ3) is 3.32. The van der Waals surface area contributed by atoms with E-state index in [0.29, 0.717) is 24.4 Å². The van der Waals surface area contributed by atoms with Gasteiger partial charge in [0.2, 0.25) is 11.8 Å². The van der Waals surface area contributed by atoms with E-state index in [2.05, 4.69) is 0 Å². The molecule has 5 nitrogen and oxygen atoms in total. The van der Waals surface area contributed by atoms with Gasteiger partial charge < -0.3 is 15.4 Å². The van der Waals surface area contributed by atoms with E-state index < -0.39 is 5.82 Å². The number of nitrogens with two attached hydrogens (primary N) is 1. The van der Waals surface area contributed by atoms with Gasteiger partial charge in [-0.2, -0.15) is 0 Å². The fraction of sp³-hybridized carbons (Fsp3) is 0.467. The van der Waals surface area contributed by atoms with Crippen molar-refractivity contribution < 1.29 is 18.7 Å². The molecule has 0 saturated carbocycles. The largest absolute Gasteiger partial charge is 0.496 e. The predicted octanol–water partition coefficient (Wildman–Crippen LogP) is 0.957. The highest BCUT2D eigenvalue weighted by molar-refractivity contribution is 5.83. The Morgan fingerprint density at radius 1 is 1.43 bits per heavy atom. The van der Waals surface area contributed by atoms with E-state index in [9.17, 15) is 14.0 Å². The Bertz CT molecular complexity index is 562. The molecule has 1 aromatic carbocycles. The molecule has 2 rings (SSSR count).